The van der Waals surface area contributed by atoms with Crippen molar-refractivity contribution in [1.29, 1.82) is 5.26 Å². The molecule has 3 aromatic rings. The second kappa shape index (κ2) is 6.42. The van der Waals surface area contributed by atoms with E-state index >= 15 is 0 Å². The molecule has 0 radical (unpaired) electrons. The summed E-state index contributed by atoms with van der Waals surface area (Å²) in [5.41, 5.74) is 8.63. The van der Waals surface area contributed by atoms with E-state index in [-0.39, 0.29) is 5.91 Å². The largest absolute Gasteiger partial charge is 0.385 e. The Morgan fingerprint density at radius 3 is 2.52 bits per heavy atom. The van der Waals surface area contributed by atoms with E-state index in [0.717, 1.165) is 21.6 Å². The summed E-state index contributed by atoms with van der Waals surface area (Å²) in [6.45, 7) is 0. The van der Waals surface area contributed by atoms with Gasteiger partial charge in [0, 0.05) is 11.9 Å². The lowest BCUT2D eigenvalue weighted by atomic mass is 9.79. The average molecular weight is 371 g/mol. The molecule has 5 heteroatoms. The van der Waals surface area contributed by atoms with E-state index in [9.17, 15) is 4.79 Å². The summed E-state index contributed by atoms with van der Waals surface area (Å²) in [6, 6.07) is 21.4. The van der Waals surface area contributed by atoms with Crippen molar-refractivity contribution in [2.24, 2.45) is 5.73 Å². The number of amides is 1. The number of benzene rings is 2. The number of thiophene rings is 1. The number of nitriles is 1. The first kappa shape index (κ1) is 17.1. The summed E-state index contributed by atoms with van der Waals surface area (Å²) in [7, 11) is 1.70. The van der Waals surface area contributed by atoms with Gasteiger partial charge in [0.15, 0.2) is 0 Å². The minimum absolute atomic E-state index is 0.0645. The van der Waals surface area contributed by atoms with Crippen molar-refractivity contribution in [2.45, 2.75) is 5.41 Å². The van der Waals surface area contributed by atoms with E-state index in [4.69, 9.17) is 11.0 Å². The van der Waals surface area contributed by atoms with Crippen LogP contribution in [0, 0.1) is 11.3 Å². The zero-order valence-corrected chi connectivity index (χ0v) is 15.5. The Balaban J connectivity index is 1.88. The fourth-order valence-electron chi connectivity index (χ4n) is 3.45. The van der Waals surface area contributed by atoms with Crippen molar-refractivity contribution in [1.82, 2.24) is 4.90 Å². The van der Waals surface area contributed by atoms with Crippen molar-refractivity contribution in [3.05, 3.63) is 93.9 Å². The van der Waals surface area contributed by atoms with Crippen LogP contribution in [-0.4, -0.2) is 17.9 Å². The van der Waals surface area contributed by atoms with Gasteiger partial charge in [-0.1, -0.05) is 42.5 Å². The topological polar surface area (TPSA) is 70.1 Å². The highest BCUT2D eigenvalue weighted by molar-refractivity contribution is 7.10. The molecule has 0 spiro atoms. The standard InChI is InChI=1S/C22H17N3OS/c1-25-20(24)12-22(21(25)26,18-8-3-2-4-9-18)19-11-17(14-27-19)16-7-5-6-15(10-16)13-23/h2-12,14H,24H2,1H3. The molecule has 132 valence electrons. The van der Waals surface area contributed by atoms with E-state index in [1.807, 2.05) is 66.1 Å². The molecule has 4 nitrogen and oxygen atoms in total. The van der Waals surface area contributed by atoms with E-state index in [1.54, 1.807) is 13.1 Å². The zero-order chi connectivity index (χ0) is 19.0. The van der Waals surface area contributed by atoms with Crippen LogP contribution in [0.4, 0.5) is 0 Å². The van der Waals surface area contributed by atoms with Gasteiger partial charge in [0.1, 0.15) is 11.2 Å². The van der Waals surface area contributed by atoms with E-state index < -0.39 is 5.41 Å². The molecule has 2 aromatic carbocycles. The van der Waals surface area contributed by atoms with E-state index in [0.29, 0.717) is 11.4 Å². The van der Waals surface area contributed by atoms with Crippen LogP contribution in [0.3, 0.4) is 0 Å². The average Bonchev–Trinajstić information content (AvgIpc) is 3.29. The van der Waals surface area contributed by atoms with Gasteiger partial charge in [-0.05, 0) is 46.3 Å². The Bertz CT molecular complexity index is 1090. The zero-order valence-electron chi connectivity index (χ0n) is 14.7. The minimum Gasteiger partial charge on any atom is -0.385 e. The molecule has 0 saturated heterocycles. The maximum absolute atomic E-state index is 13.2. The van der Waals surface area contributed by atoms with Gasteiger partial charge in [0.25, 0.3) is 0 Å². The van der Waals surface area contributed by atoms with Gasteiger partial charge in [-0.3, -0.25) is 4.79 Å². The van der Waals surface area contributed by atoms with Crippen LogP contribution in [0.1, 0.15) is 16.0 Å². The molecule has 1 amide bonds. The third kappa shape index (κ3) is 2.62. The smallest absolute Gasteiger partial charge is 0.247 e. The normalized spacial score (nSPS) is 19.0. The highest BCUT2D eigenvalue weighted by Crippen LogP contribution is 2.44. The number of hydrogen-bond donors (Lipinski definition) is 1. The molecule has 1 aromatic heterocycles. The number of nitrogens with zero attached hydrogens (tertiary/aromatic N) is 2. The number of carbonyl (C=O) groups is 1. The number of nitrogens with two attached hydrogens (primary N) is 1. The quantitative estimate of drug-likeness (QED) is 0.760. The molecule has 1 unspecified atom stereocenters. The Morgan fingerprint density at radius 2 is 1.85 bits per heavy atom. The highest BCUT2D eigenvalue weighted by atomic mass is 32.1. The molecule has 1 atom stereocenters. The van der Waals surface area contributed by atoms with Gasteiger partial charge in [0.05, 0.1) is 11.6 Å². The molecular weight excluding hydrogens is 354 g/mol. The van der Waals surface area contributed by atoms with Crippen LogP contribution < -0.4 is 5.73 Å². The summed E-state index contributed by atoms with van der Waals surface area (Å²) in [5, 5.41) is 11.2. The Hall–Kier alpha value is -3.36. The molecule has 2 N–H and O–H groups in total. The summed E-state index contributed by atoms with van der Waals surface area (Å²) in [5.74, 6) is 0.385. The molecular formula is C22H17N3OS. The first-order valence-corrected chi connectivity index (χ1v) is 9.36. The predicted octanol–water partition coefficient (Wildman–Crippen LogP) is 3.84. The van der Waals surface area contributed by atoms with Crippen LogP contribution in [-0.2, 0) is 10.2 Å². The van der Waals surface area contributed by atoms with Crippen molar-refractivity contribution < 1.29 is 4.79 Å². The lowest BCUT2D eigenvalue weighted by Gasteiger charge is -2.26. The molecule has 0 saturated carbocycles. The third-order valence-corrected chi connectivity index (χ3v) is 6.00. The lowest BCUT2D eigenvalue weighted by Crippen LogP contribution is -2.38. The van der Waals surface area contributed by atoms with E-state index in [1.165, 1.54) is 16.2 Å². The number of rotatable bonds is 3. The lowest BCUT2D eigenvalue weighted by molar-refractivity contribution is -0.129. The molecule has 2 heterocycles. The Morgan fingerprint density at radius 1 is 1.07 bits per heavy atom. The van der Waals surface area contributed by atoms with Crippen LogP contribution in [0.5, 0.6) is 0 Å². The maximum Gasteiger partial charge on any atom is 0.247 e. The SMILES string of the molecule is CN1C(=O)C(c2ccccc2)(c2cc(-c3cccc(C#N)c3)cs2)C=C1N. The van der Waals surface area contributed by atoms with Crippen LogP contribution in [0.2, 0.25) is 0 Å². The van der Waals surface area contributed by atoms with Crippen LogP contribution in [0.25, 0.3) is 11.1 Å². The molecule has 4 rings (SSSR count). The monoisotopic (exact) mass is 371 g/mol. The number of hydrogen-bond acceptors (Lipinski definition) is 4. The highest BCUT2D eigenvalue weighted by Gasteiger charge is 2.48. The van der Waals surface area contributed by atoms with Gasteiger partial charge in [0.2, 0.25) is 5.91 Å². The van der Waals surface area contributed by atoms with E-state index in [2.05, 4.69) is 6.07 Å². The molecule has 0 aliphatic carbocycles. The summed E-state index contributed by atoms with van der Waals surface area (Å²) in [6.07, 6.45) is 1.84. The number of carbonyl (C=O) groups excluding carboxylic acids is 1. The Labute approximate surface area is 161 Å². The van der Waals surface area contributed by atoms with Crippen molar-refractivity contribution in [2.75, 3.05) is 7.05 Å². The molecule has 1 aliphatic heterocycles. The molecule has 1 aliphatic rings. The fraction of sp³-hybridized carbons (Fsp3) is 0.0909. The van der Waals surface area contributed by atoms with Crippen molar-refractivity contribution in [3.63, 3.8) is 0 Å². The van der Waals surface area contributed by atoms with Crippen molar-refractivity contribution in [3.8, 4) is 17.2 Å². The maximum atomic E-state index is 13.2. The summed E-state index contributed by atoms with van der Waals surface area (Å²) < 4.78 is 0. The fourth-order valence-corrected chi connectivity index (χ4v) is 4.55. The van der Waals surface area contributed by atoms with Gasteiger partial charge < -0.3 is 10.6 Å². The minimum atomic E-state index is -0.921. The molecule has 0 bridgehead atoms. The third-order valence-electron chi connectivity index (χ3n) is 4.94. The Kier molecular flexibility index (Phi) is 4.06. The summed E-state index contributed by atoms with van der Waals surface area (Å²) >= 11 is 1.53. The first-order valence-electron chi connectivity index (χ1n) is 8.48. The number of likely N-dealkylation sites (N-methyl/N-ethyl adjacent to an activating group) is 1. The van der Waals surface area contributed by atoms with Gasteiger partial charge in [-0.2, -0.15) is 5.26 Å². The van der Waals surface area contributed by atoms with Crippen molar-refractivity contribution >= 4 is 17.2 Å². The first-order chi connectivity index (χ1) is 13.1. The van der Waals surface area contributed by atoms with Gasteiger partial charge in [-0.15, -0.1) is 11.3 Å². The molecule has 27 heavy (non-hydrogen) atoms. The predicted molar refractivity (Wildman–Crippen MR) is 107 cm³/mol. The van der Waals surface area contributed by atoms with Crippen LogP contribution in [0.15, 0.2) is 77.9 Å². The summed E-state index contributed by atoms with van der Waals surface area (Å²) in [4.78, 5) is 15.7. The second-order valence-corrected chi connectivity index (χ2v) is 7.41. The second-order valence-electron chi connectivity index (χ2n) is 6.50. The van der Waals surface area contributed by atoms with Crippen LogP contribution >= 0.6 is 11.3 Å². The van der Waals surface area contributed by atoms with Gasteiger partial charge >= 0.3 is 0 Å². The van der Waals surface area contributed by atoms with Gasteiger partial charge in [-0.25, -0.2) is 0 Å². The molecule has 0 fully saturated rings.